The summed E-state index contributed by atoms with van der Waals surface area (Å²) in [5, 5.41) is 15.2. The van der Waals surface area contributed by atoms with E-state index in [1.807, 2.05) is 71.7 Å². The zero-order valence-corrected chi connectivity index (χ0v) is 17.4. The van der Waals surface area contributed by atoms with Gasteiger partial charge in [-0.25, -0.2) is 29.3 Å². The summed E-state index contributed by atoms with van der Waals surface area (Å²) in [4.78, 5) is 0. The van der Waals surface area contributed by atoms with Gasteiger partial charge >= 0.3 is 17.1 Å². The normalized spacial score (nSPS) is 15.1. The van der Waals surface area contributed by atoms with E-state index in [4.69, 9.17) is 16.7 Å². The summed E-state index contributed by atoms with van der Waals surface area (Å²) in [6.07, 6.45) is 0.832. The van der Waals surface area contributed by atoms with Gasteiger partial charge in [-0.1, -0.05) is 41.9 Å². The number of hydrogen-bond donors (Lipinski definition) is 0. The third-order valence-corrected chi connectivity index (χ3v) is 4.70. The minimum Gasteiger partial charge on any atom is -0.239 e. The third kappa shape index (κ3) is 5.21. The molecule has 3 aromatic carbocycles. The minimum atomic E-state index is 0. The Bertz CT molecular complexity index is 980. The Balaban J connectivity index is 0.000000352. The Morgan fingerprint density at radius 3 is 2.21 bits per heavy atom. The van der Waals surface area contributed by atoms with E-state index in [-0.39, 0.29) is 23.1 Å². The second-order valence-corrected chi connectivity index (χ2v) is 6.76. The molecule has 1 aliphatic rings. The molecule has 0 amide bonds. The van der Waals surface area contributed by atoms with Gasteiger partial charge in [-0.05, 0) is 17.7 Å². The van der Waals surface area contributed by atoms with Crippen molar-refractivity contribution in [2.45, 2.75) is 12.5 Å². The maximum Gasteiger partial charge on any atom is 2.00 e. The van der Waals surface area contributed by atoms with Crippen molar-refractivity contribution in [1.82, 2.24) is 10.2 Å². The Hall–Kier alpha value is -2.72. The van der Waals surface area contributed by atoms with Gasteiger partial charge in [-0.3, -0.25) is 0 Å². The van der Waals surface area contributed by atoms with E-state index in [2.05, 4.69) is 34.5 Å². The molecule has 0 saturated carbocycles. The second kappa shape index (κ2) is 10.2. The fourth-order valence-electron chi connectivity index (χ4n) is 3.15. The summed E-state index contributed by atoms with van der Waals surface area (Å²) in [5.41, 5.74) is 3.41. The average molecular weight is 443 g/mol. The summed E-state index contributed by atoms with van der Waals surface area (Å²) < 4.78 is 0. The van der Waals surface area contributed by atoms with Gasteiger partial charge in [0, 0.05) is 12.1 Å². The Labute approximate surface area is 186 Å². The second-order valence-electron chi connectivity index (χ2n) is 6.37. The number of rotatable bonds is 3. The number of aromatic nitrogens is 2. The van der Waals surface area contributed by atoms with Crippen molar-refractivity contribution >= 4 is 23.1 Å². The number of hydrogen-bond acceptors (Lipinski definition) is 4. The number of nitrogens with zero attached hydrogens (tertiary/aromatic N) is 4. The predicted molar refractivity (Wildman–Crippen MR) is 114 cm³/mol. The van der Waals surface area contributed by atoms with Gasteiger partial charge in [0.05, 0.1) is 6.04 Å². The summed E-state index contributed by atoms with van der Waals surface area (Å²) in [6, 6.07) is 32.2. The van der Waals surface area contributed by atoms with Crippen molar-refractivity contribution in [3.63, 3.8) is 0 Å². The zero-order chi connectivity index (χ0) is 19.2. The molecule has 0 bridgehead atoms. The van der Waals surface area contributed by atoms with Crippen molar-refractivity contribution in [1.29, 1.82) is 0 Å². The third-order valence-electron chi connectivity index (χ3n) is 4.50. The van der Waals surface area contributed by atoms with Gasteiger partial charge in [0.2, 0.25) is 0 Å². The first-order valence-corrected chi connectivity index (χ1v) is 9.49. The maximum atomic E-state index is 5.85. The van der Waals surface area contributed by atoms with Crippen LogP contribution in [0.5, 0.6) is 0 Å². The van der Waals surface area contributed by atoms with Crippen molar-refractivity contribution in [3.8, 4) is 0 Å². The molecule has 0 saturated heterocycles. The van der Waals surface area contributed by atoms with Gasteiger partial charge in [-0.2, -0.15) is 35.4 Å². The van der Waals surface area contributed by atoms with E-state index in [1.165, 1.54) is 5.56 Å². The van der Waals surface area contributed by atoms with E-state index in [0.717, 1.165) is 17.7 Å². The molecule has 4 nitrogen and oxygen atoms in total. The molecule has 6 heteroatoms. The molecule has 146 valence electrons. The Kier molecular flexibility index (Phi) is 7.36. The van der Waals surface area contributed by atoms with Crippen LogP contribution in [0.1, 0.15) is 23.6 Å². The largest absolute Gasteiger partial charge is 2.00 e. The van der Waals surface area contributed by atoms with Crippen LogP contribution in [0.25, 0.3) is 0 Å². The van der Waals surface area contributed by atoms with E-state index >= 15 is 0 Å². The molecule has 0 N–H and O–H groups in total. The fourth-order valence-corrected chi connectivity index (χ4v) is 3.25. The van der Waals surface area contributed by atoms with Crippen molar-refractivity contribution in [2.75, 3.05) is 5.01 Å². The van der Waals surface area contributed by atoms with Crippen LogP contribution in [0.3, 0.4) is 0 Å². The fraction of sp³-hybridized carbons (Fsp3) is 0.0870. The Morgan fingerprint density at radius 2 is 1.62 bits per heavy atom. The van der Waals surface area contributed by atoms with E-state index < -0.39 is 0 Å². The molecule has 29 heavy (non-hydrogen) atoms. The molecular weight excluding hydrogens is 424 g/mol. The number of hydrazone groups is 1. The molecule has 0 spiro atoms. The van der Waals surface area contributed by atoms with Crippen LogP contribution in [0, 0.1) is 0 Å². The van der Waals surface area contributed by atoms with Crippen LogP contribution in [0.2, 0.25) is 5.15 Å². The topological polar surface area (TPSA) is 41.4 Å². The SMILES string of the molecule is Clc1ccc(N2N=C([c-]3cccc3)CC2c2ccccc2)nn1.[Fe+2].c1cc[cH-]c1. The predicted octanol–water partition coefficient (Wildman–Crippen LogP) is 5.61. The van der Waals surface area contributed by atoms with Crippen LogP contribution in [0.4, 0.5) is 5.82 Å². The molecular formula is C23H19ClFeN4. The molecule has 5 rings (SSSR count). The molecule has 1 atom stereocenters. The molecule has 0 fully saturated rings. The van der Waals surface area contributed by atoms with E-state index in [9.17, 15) is 0 Å². The van der Waals surface area contributed by atoms with Gasteiger partial charge in [0.15, 0.2) is 11.0 Å². The number of anilines is 1. The Morgan fingerprint density at radius 1 is 0.897 bits per heavy atom. The summed E-state index contributed by atoms with van der Waals surface area (Å²) in [7, 11) is 0. The van der Waals surface area contributed by atoms with Crippen LogP contribution >= 0.6 is 11.6 Å². The first kappa shape index (κ1) is 21.0. The van der Waals surface area contributed by atoms with Gasteiger partial charge < -0.3 is 0 Å². The van der Waals surface area contributed by atoms with Crippen molar-refractivity contribution < 1.29 is 17.1 Å². The van der Waals surface area contributed by atoms with Gasteiger partial charge in [-0.15, -0.1) is 15.8 Å². The van der Waals surface area contributed by atoms with E-state index in [1.54, 1.807) is 6.07 Å². The monoisotopic (exact) mass is 442 g/mol. The smallest absolute Gasteiger partial charge is 0.239 e. The summed E-state index contributed by atoms with van der Waals surface area (Å²) >= 11 is 5.85. The molecule has 0 radical (unpaired) electrons. The molecule has 0 aliphatic carbocycles. The van der Waals surface area contributed by atoms with Crippen LogP contribution in [0.15, 0.2) is 102 Å². The molecule has 1 unspecified atom stereocenters. The number of benzene rings is 1. The molecule has 1 aliphatic heterocycles. The standard InChI is InChI=1S/C18H14ClN4.C5H5.Fe/c19-17-10-11-18(21-20-17)23-16(14-8-2-1-3-9-14)12-15(22-23)13-6-4-5-7-13;1-2-4-5-3-1;/h1-11,16H,12H2;1-5H;/q2*-1;+2. The van der Waals surface area contributed by atoms with Gasteiger partial charge in [0.1, 0.15) is 0 Å². The van der Waals surface area contributed by atoms with Crippen LogP contribution in [-0.2, 0) is 17.1 Å². The first-order valence-electron chi connectivity index (χ1n) is 9.11. The summed E-state index contributed by atoms with van der Waals surface area (Å²) in [5.74, 6) is 0.699. The average Bonchev–Trinajstić information content (AvgIpc) is 3.52. The van der Waals surface area contributed by atoms with Crippen LogP contribution < -0.4 is 5.01 Å². The van der Waals surface area contributed by atoms with E-state index in [0.29, 0.717) is 11.0 Å². The van der Waals surface area contributed by atoms with Crippen LogP contribution in [-0.4, -0.2) is 15.9 Å². The molecule has 2 heterocycles. The maximum absolute atomic E-state index is 5.85. The summed E-state index contributed by atoms with van der Waals surface area (Å²) in [6.45, 7) is 0. The van der Waals surface area contributed by atoms with Gasteiger partial charge in [0.25, 0.3) is 0 Å². The number of halogens is 1. The minimum absolute atomic E-state index is 0. The van der Waals surface area contributed by atoms with Crippen molar-refractivity contribution in [2.24, 2.45) is 5.10 Å². The molecule has 4 aromatic rings. The quantitative estimate of drug-likeness (QED) is 0.306. The zero-order valence-electron chi connectivity index (χ0n) is 15.5. The molecule has 1 aromatic heterocycles. The van der Waals surface area contributed by atoms with Crippen molar-refractivity contribution in [3.05, 3.63) is 113 Å². The first-order chi connectivity index (χ1) is 13.8.